The zero-order chi connectivity index (χ0) is 14.0. The zero-order valence-electron chi connectivity index (χ0n) is 12.4. The lowest BCUT2D eigenvalue weighted by atomic mass is 9.96. The quantitative estimate of drug-likeness (QED) is 0.558. The monoisotopic (exact) mass is 258 g/mol. The van der Waals surface area contributed by atoms with Crippen molar-refractivity contribution in [2.24, 2.45) is 5.73 Å². The van der Waals surface area contributed by atoms with Crippen molar-refractivity contribution in [1.82, 2.24) is 5.32 Å². The van der Waals surface area contributed by atoms with E-state index in [1.807, 2.05) is 20.8 Å². The van der Waals surface area contributed by atoms with Crippen LogP contribution in [0.2, 0.25) is 0 Å². The molecule has 0 aromatic heterocycles. The molecule has 0 heterocycles. The lowest BCUT2D eigenvalue weighted by molar-refractivity contribution is -0.124. The van der Waals surface area contributed by atoms with Crippen LogP contribution in [0.3, 0.4) is 0 Å². The molecular weight excluding hydrogens is 228 g/mol. The van der Waals surface area contributed by atoms with E-state index in [-0.39, 0.29) is 11.9 Å². The molecule has 4 heteroatoms. The first kappa shape index (κ1) is 17.4. The maximum atomic E-state index is 11.5. The fourth-order valence-electron chi connectivity index (χ4n) is 1.91. The number of hydrogen-bond donors (Lipinski definition) is 2. The zero-order valence-corrected chi connectivity index (χ0v) is 12.4. The van der Waals surface area contributed by atoms with Crippen LogP contribution in [0.25, 0.3) is 0 Å². The predicted octanol–water partition coefficient (Wildman–Crippen LogP) is 2.22. The molecule has 3 N–H and O–H groups in total. The summed E-state index contributed by atoms with van der Waals surface area (Å²) in [6, 6.07) is 0.229. The number of nitrogens with two attached hydrogens (primary N) is 1. The van der Waals surface area contributed by atoms with Crippen molar-refractivity contribution < 1.29 is 9.53 Å². The molecule has 0 saturated carbocycles. The SMILES string of the molecule is CCCCCCOCCC(C)(NC(C)C)C(N)=O. The number of primary amides is 1. The summed E-state index contributed by atoms with van der Waals surface area (Å²) >= 11 is 0. The summed E-state index contributed by atoms with van der Waals surface area (Å²) in [5.41, 5.74) is 4.77. The molecule has 0 fully saturated rings. The fourth-order valence-corrected chi connectivity index (χ4v) is 1.91. The van der Waals surface area contributed by atoms with Crippen molar-refractivity contribution in [2.75, 3.05) is 13.2 Å². The van der Waals surface area contributed by atoms with Crippen LogP contribution in [0.4, 0.5) is 0 Å². The highest BCUT2D eigenvalue weighted by atomic mass is 16.5. The highest BCUT2D eigenvalue weighted by Crippen LogP contribution is 2.11. The molecule has 0 aliphatic carbocycles. The maximum Gasteiger partial charge on any atom is 0.237 e. The molecule has 1 amide bonds. The van der Waals surface area contributed by atoms with Crippen LogP contribution < -0.4 is 11.1 Å². The Morgan fingerprint density at radius 1 is 1.28 bits per heavy atom. The molecule has 1 unspecified atom stereocenters. The largest absolute Gasteiger partial charge is 0.381 e. The van der Waals surface area contributed by atoms with Gasteiger partial charge < -0.3 is 15.8 Å². The standard InChI is InChI=1S/C14H30N2O2/c1-5-6-7-8-10-18-11-9-14(4,13(15)17)16-12(2)3/h12,16H,5-11H2,1-4H3,(H2,15,17). The number of carbonyl (C=O) groups excluding carboxylic acids is 1. The van der Waals surface area contributed by atoms with Crippen molar-refractivity contribution in [2.45, 2.75) is 71.4 Å². The molecule has 18 heavy (non-hydrogen) atoms. The van der Waals surface area contributed by atoms with Gasteiger partial charge in [-0.1, -0.05) is 26.2 Å². The minimum Gasteiger partial charge on any atom is -0.381 e. The summed E-state index contributed by atoms with van der Waals surface area (Å²) in [6.07, 6.45) is 5.43. The van der Waals surface area contributed by atoms with Crippen molar-refractivity contribution in [3.63, 3.8) is 0 Å². The third-order valence-electron chi connectivity index (χ3n) is 3.04. The third-order valence-corrected chi connectivity index (χ3v) is 3.04. The average Bonchev–Trinajstić information content (AvgIpc) is 2.26. The number of nitrogens with one attached hydrogen (secondary N) is 1. The second kappa shape index (κ2) is 9.34. The summed E-state index contributed by atoms with van der Waals surface area (Å²) in [4.78, 5) is 11.5. The number of amides is 1. The van der Waals surface area contributed by atoms with E-state index < -0.39 is 5.54 Å². The first-order valence-electron chi connectivity index (χ1n) is 7.07. The third kappa shape index (κ3) is 7.67. The number of rotatable bonds is 11. The van der Waals surface area contributed by atoms with Crippen LogP contribution in [-0.2, 0) is 9.53 Å². The molecule has 4 nitrogen and oxygen atoms in total. The number of hydrogen-bond acceptors (Lipinski definition) is 3. The van der Waals surface area contributed by atoms with Gasteiger partial charge in [-0.05, 0) is 33.6 Å². The molecule has 0 bridgehead atoms. The maximum absolute atomic E-state index is 11.5. The van der Waals surface area contributed by atoms with Gasteiger partial charge in [0.2, 0.25) is 5.91 Å². The Labute approximate surface area is 112 Å². The molecule has 0 rings (SSSR count). The Morgan fingerprint density at radius 2 is 1.94 bits per heavy atom. The van der Waals surface area contributed by atoms with Crippen LogP contribution >= 0.6 is 0 Å². The van der Waals surface area contributed by atoms with Crippen molar-refractivity contribution in [1.29, 1.82) is 0 Å². The highest BCUT2D eigenvalue weighted by Gasteiger charge is 2.30. The van der Waals surface area contributed by atoms with Gasteiger partial charge in [0.15, 0.2) is 0 Å². The van der Waals surface area contributed by atoms with Gasteiger partial charge >= 0.3 is 0 Å². The minimum absolute atomic E-state index is 0.229. The average molecular weight is 258 g/mol. The molecule has 0 spiro atoms. The van der Waals surface area contributed by atoms with Crippen LogP contribution in [0.5, 0.6) is 0 Å². The van der Waals surface area contributed by atoms with Gasteiger partial charge in [-0.15, -0.1) is 0 Å². The predicted molar refractivity (Wildman–Crippen MR) is 75.4 cm³/mol. The molecular formula is C14H30N2O2. The second-order valence-electron chi connectivity index (χ2n) is 5.42. The molecule has 0 aliphatic rings. The van der Waals surface area contributed by atoms with E-state index in [1.165, 1.54) is 19.3 Å². The van der Waals surface area contributed by atoms with Gasteiger partial charge in [0.1, 0.15) is 0 Å². The Hall–Kier alpha value is -0.610. The van der Waals surface area contributed by atoms with Gasteiger partial charge in [-0.2, -0.15) is 0 Å². The van der Waals surface area contributed by atoms with E-state index in [9.17, 15) is 4.79 Å². The first-order chi connectivity index (χ1) is 8.42. The summed E-state index contributed by atoms with van der Waals surface area (Å²) in [5, 5.41) is 3.21. The van der Waals surface area contributed by atoms with Crippen molar-refractivity contribution >= 4 is 5.91 Å². The van der Waals surface area contributed by atoms with Gasteiger partial charge in [0.05, 0.1) is 5.54 Å². The van der Waals surface area contributed by atoms with Crippen molar-refractivity contribution in [3.8, 4) is 0 Å². The summed E-state index contributed by atoms with van der Waals surface area (Å²) in [5.74, 6) is -0.314. The molecule has 1 atom stereocenters. The van der Waals surface area contributed by atoms with Crippen molar-refractivity contribution in [3.05, 3.63) is 0 Å². The van der Waals surface area contributed by atoms with Gasteiger partial charge in [-0.25, -0.2) is 0 Å². The lowest BCUT2D eigenvalue weighted by Gasteiger charge is -2.29. The van der Waals surface area contributed by atoms with Crippen LogP contribution in [0.1, 0.15) is 59.8 Å². The minimum atomic E-state index is -0.669. The van der Waals surface area contributed by atoms with E-state index in [4.69, 9.17) is 10.5 Å². The smallest absolute Gasteiger partial charge is 0.237 e. The Kier molecular flexibility index (Phi) is 9.02. The number of ether oxygens (including phenoxy) is 1. The van der Waals surface area contributed by atoms with Crippen LogP contribution in [0, 0.1) is 0 Å². The van der Waals surface area contributed by atoms with E-state index in [1.54, 1.807) is 0 Å². The molecule has 0 aromatic carbocycles. The Morgan fingerprint density at radius 3 is 2.44 bits per heavy atom. The lowest BCUT2D eigenvalue weighted by Crippen LogP contribution is -2.56. The Bertz CT molecular complexity index is 232. The molecule has 108 valence electrons. The van der Waals surface area contributed by atoms with Gasteiger partial charge in [0.25, 0.3) is 0 Å². The highest BCUT2D eigenvalue weighted by molar-refractivity contribution is 5.84. The van der Waals surface area contributed by atoms with E-state index >= 15 is 0 Å². The van der Waals surface area contributed by atoms with Gasteiger partial charge in [-0.3, -0.25) is 4.79 Å². The normalized spacial score (nSPS) is 14.7. The second-order valence-corrected chi connectivity index (χ2v) is 5.42. The molecule has 0 aromatic rings. The topological polar surface area (TPSA) is 64.3 Å². The van der Waals surface area contributed by atoms with E-state index in [2.05, 4.69) is 12.2 Å². The number of unbranched alkanes of at least 4 members (excludes halogenated alkanes) is 3. The summed E-state index contributed by atoms with van der Waals surface area (Å²) < 4.78 is 5.56. The Balaban J connectivity index is 3.81. The van der Waals surface area contributed by atoms with Gasteiger partial charge in [0, 0.05) is 19.3 Å². The van der Waals surface area contributed by atoms with E-state index in [0.717, 1.165) is 13.0 Å². The van der Waals surface area contributed by atoms with Crippen LogP contribution in [0.15, 0.2) is 0 Å². The van der Waals surface area contributed by atoms with E-state index in [0.29, 0.717) is 13.0 Å². The molecule has 0 aliphatic heterocycles. The first-order valence-corrected chi connectivity index (χ1v) is 7.07. The summed E-state index contributed by atoms with van der Waals surface area (Å²) in [6.45, 7) is 9.40. The molecule has 0 radical (unpaired) electrons. The fraction of sp³-hybridized carbons (Fsp3) is 0.929. The molecule has 0 saturated heterocycles. The number of carbonyl (C=O) groups is 1. The van der Waals surface area contributed by atoms with Crippen LogP contribution in [-0.4, -0.2) is 30.7 Å². The summed E-state index contributed by atoms with van der Waals surface area (Å²) in [7, 11) is 0.